The molecule has 0 atom stereocenters. The van der Waals surface area contributed by atoms with Crippen LogP contribution < -0.4 is 0 Å². The van der Waals surface area contributed by atoms with Crippen LogP contribution in [0.4, 0.5) is 0 Å². The Kier molecular flexibility index (Phi) is 31.6. The zero-order chi connectivity index (χ0) is 34.1. The summed E-state index contributed by atoms with van der Waals surface area (Å²) < 4.78 is 11.0. The highest BCUT2D eigenvalue weighted by atomic mass is 16.5. The van der Waals surface area contributed by atoms with Gasteiger partial charge in [-0.25, -0.2) is 0 Å². The lowest BCUT2D eigenvalue weighted by molar-refractivity contribution is -0.154. The molecule has 0 radical (unpaired) electrons. The van der Waals surface area contributed by atoms with Crippen LogP contribution in [0.5, 0.6) is 0 Å². The minimum absolute atomic E-state index is 0.0248. The fourth-order valence-electron chi connectivity index (χ4n) is 5.99. The highest BCUT2D eigenvalue weighted by Crippen LogP contribution is 2.26. The Balaban J connectivity index is 3.84. The van der Waals surface area contributed by atoms with Crippen LogP contribution in [0.25, 0.3) is 0 Å². The summed E-state index contributed by atoms with van der Waals surface area (Å²) in [4.78, 5) is 27.0. The van der Waals surface area contributed by atoms with Gasteiger partial charge >= 0.3 is 11.9 Å². The average molecular weight is 654 g/mol. The van der Waals surface area contributed by atoms with E-state index in [-0.39, 0.29) is 18.5 Å². The molecule has 0 spiro atoms. The largest absolute Gasteiger partial charge is 0.466 e. The van der Waals surface area contributed by atoms with Gasteiger partial charge in [-0.1, -0.05) is 130 Å². The molecule has 46 heavy (non-hydrogen) atoms. The van der Waals surface area contributed by atoms with Crippen LogP contribution >= 0.6 is 0 Å². The number of aliphatic hydroxyl groups is 1. The zero-order valence-corrected chi connectivity index (χ0v) is 31.5. The standard InChI is InChI=1S/C40H79NO5/c1-6-7-8-9-10-14-21-29-38(43)45-35-25-19-12-16-23-31-41(33-27-34-42)32-24-17-15-22-30-40(4,5)39(44)46-36-26-18-11-13-20-28-37(2)3/h37,42H,6-36H2,1-5H3. The summed E-state index contributed by atoms with van der Waals surface area (Å²) in [6.45, 7) is 15.4. The second-order valence-electron chi connectivity index (χ2n) is 14.9. The summed E-state index contributed by atoms with van der Waals surface area (Å²) in [7, 11) is 0. The van der Waals surface area contributed by atoms with Crippen molar-refractivity contribution < 1.29 is 24.2 Å². The van der Waals surface area contributed by atoms with Crippen LogP contribution in [0.1, 0.15) is 195 Å². The monoisotopic (exact) mass is 654 g/mol. The second kappa shape index (κ2) is 32.4. The highest BCUT2D eigenvalue weighted by molar-refractivity contribution is 5.75. The lowest BCUT2D eigenvalue weighted by atomic mass is 9.87. The molecule has 0 heterocycles. The van der Waals surface area contributed by atoms with E-state index in [0.29, 0.717) is 19.6 Å². The van der Waals surface area contributed by atoms with Crippen molar-refractivity contribution in [1.29, 1.82) is 0 Å². The molecule has 0 rings (SSSR count). The number of hydrogen-bond acceptors (Lipinski definition) is 6. The van der Waals surface area contributed by atoms with Crippen molar-refractivity contribution in [3.8, 4) is 0 Å². The van der Waals surface area contributed by atoms with Crippen molar-refractivity contribution in [2.45, 2.75) is 195 Å². The van der Waals surface area contributed by atoms with Crippen molar-refractivity contribution in [1.82, 2.24) is 4.90 Å². The van der Waals surface area contributed by atoms with Gasteiger partial charge in [-0.3, -0.25) is 9.59 Å². The van der Waals surface area contributed by atoms with Crippen LogP contribution in [0.15, 0.2) is 0 Å². The van der Waals surface area contributed by atoms with Gasteiger partial charge in [0.15, 0.2) is 0 Å². The molecule has 1 N–H and O–H groups in total. The van der Waals surface area contributed by atoms with Gasteiger partial charge in [-0.15, -0.1) is 0 Å². The second-order valence-corrected chi connectivity index (χ2v) is 14.9. The number of unbranched alkanes of at least 4 members (excludes halogenated alkanes) is 17. The van der Waals surface area contributed by atoms with Gasteiger partial charge in [-0.05, 0) is 77.8 Å². The van der Waals surface area contributed by atoms with E-state index < -0.39 is 5.41 Å². The van der Waals surface area contributed by atoms with Crippen molar-refractivity contribution in [2.24, 2.45) is 11.3 Å². The third-order valence-corrected chi connectivity index (χ3v) is 9.24. The number of hydrogen-bond donors (Lipinski definition) is 1. The van der Waals surface area contributed by atoms with Crippen LogP contribution in [0, 0.1) is 11.3 Å². The maximum absolute atomic E-state index is 12.6. The maximum atomic E-state index is 12.6. The first-order valence-electron chi connectivity index (χ1n) is 19.9. The van der Waals surface area contributed by atoms with E-state index in [1.807, 2.05) is 13.8 Å². The molecule has 274 valence electrons. The lowest BCUT2D eigenvalue weighted by Gasteiger charge is -2.23. The first-order chi connectivity index (χ1) is 22.2. The molecule has 0 aromatic rings. The number of nitrogens with zero attached hydrogens (tertiary/aromatic N) is 1. The average Bonchev–Trinajstić information content (AvgIpc) is 3.02. The fraction of sp³-hybridized carbons (Fsp3) is 0.950. The number of esters is 2. The number of carbonyl (C=O) groups excluding carboxylic acids is 2. The molecule has 0 amide bonds. The number of aliphatic hydroxyl groups excluding tert-OH is 1. The first kappa shape index (κ1) is 44.9. The van der Waals surface area contributed by atoms with Crippen molar-refractivity contribution in [2.75, 3.05) is 39.5 Å². The van der Waals surface area contributed by atoms with Gasteiger partial charge < -0.3 is 19.5 Å². The molecule has 0 saturated heterocycles. The molecule has 6 heteroatoms. The molecule has 0 saturated carbocycles. The summed E-state index contributed by atoms with van der Waals surface area (Å²) in [6, 6.07) is 0. The molecule has 0 unspecified atom stereocenters. The summed E-state index contributed by atoms with van der Waals surface area (Å²) in [5.41, 5.74) is -0.403. The molecule has 6 nitrogen and oxygen atoms in total. The normalized spacial score (nSPS) is 11.9. The number of ether oxygens (including phenoxy) is 2. The van der Waals surface area contributed by atoms with Gasteiger partial charge in [0.2, 0.25) is 0 Å². The third-order valence-electron chi connectivity index (χ3n) is 9.24. The quantitative estimate of drug-likeness (QED) is 0.0542. The topological polar surface area (TPSA) is 76.1 Å². The molecule has 0 fully saturated rings. The first-order valence-corrected chi connectivity index (χ1v) is 19.9. The fourth-order valence-corrected chi connectivity index (χ4v) is 5.99. The van der Waals surface area contributed by atoms with E-state index in [9.17, 15) is 14.7 Å². The van der Waals surface area contributed by atoms with Gasteiger partial charge in [-0.2, -0.15) is 0 Å². The lowest BCUT2D eigenvalue weighted by Crippen LogP contribution is -2.28. The Bertz CT molecular complexity index is 681. The predicted molar refractivity (Wildman–Crippen MR) is 195 cm³/mol. The minimum Gasteiger partial charge on any atom is -0.466 e. The van der Waals surface area contributed by atoms with E-state index in [1.54, 1.807) is 0 Å². The minimum atomic E-state index is -0.403. The Hall–Kier alpha value is -1.14. The van der Waals surface area contributed by atoms with Crippen molar-refractivity contribution >= 4 is 11.9 Å². The number of carbonyl (C=O) groups is 2. The third kappa shape index (κ3) is 30.2. The van der Waals surface area contributed by atoms with Crippen LogP contribution in [-0.4, -0.2) is 61.4 Å². The molecule has 0 aromatic heterocycles. The van der Waals surface area contributed by atoms with E-state index in [0.717, 1.165) is 96.2 Å². The van der Waals surface area contributed by atoms with Gasteiger partial charge in [0, 0.05) is 19.6 Å². The van der Waals surface area contributed by atoms with E-state index in [4.69, 9.17) is 9.47 Å². The van der Waals surface area contributed by atoms with Gasteiger partial charge in [0.1, 0.15) is 0 Å². The van der Waals surface area contributed by atoms with Gasteiger partial charge in [0.05, 0.1) is 18.6 Å². The summed E-state index contributed by atoms with van der Waals surface area (Å²) in [5.74, 6) is 0.729. The Morgan fingerprint density at radius 2 is 1.09 bits per heavy atom. The molecular formula is C40H79NO5. The maximum Gasteiger partial charge on any atom is 0.311 e. The van der Waals surface area contributed by atoms with E-state index in [1.165, 1.54) is 83.5 Å². The van der Waals surface area contributed by atoms with Crippen LogP contribution in [0.3, 0.4) is 0 Å². The smallest absolute Gasteiger partial charge is 0.311 e. The SMILES string of the molecule is CCCCCCCCCC(=O)OCCCCCCCN(CCCO)CCCCCCC(C)(C)C(=O)OCCCCCCCC(C)C. The Labute approximate surface area is 286 Å². The summed E-state index contributed by atoms with van der Waals surface area (Å²) in [5, 5.41) is 9.34. The Morgan fingerprint density at radius 3 is 1.67 bits per heavy atom. The van der Waals surface area contributed by atoms with Crippen molar-refractivity contribution in [3.63, 3.8) is 0 Å². The van der Waals surface area contributed by atoms with Crippen LogP contribution in [-0.2, 0) is 19.1 Å². The summed E-state index contributed by atoms with van der Waals surface area (Å²) >= 11 is 0. The predicted octanol–water partition coefficient (Wildman–Crippen LogP) is 10.8. The molecule has 0 aromatic carbocycles. The molecule has 0 aliphatic heterocycles. The zero-order valence-electron chi connectivity index (χ0n) is 31.5. The molecule has 0 bridgehead atoms. The van der Waals surface area contributed by atoms with E-state index >= 15 is 0 Å². The van der Waals surface area contributed by atoms with Gasteiger partial charge in [0.25, 0.3) is 0 Å². The molecule has 0 aliphatic rings. The van der Waals surface area contributed by atoms with Crippen LogP contribution in [0.2, 0.25) is 0 Å². The van der Waals surface area contributed by atoms with E-state index in [2.05, 4.69) is 25.7 Å². The number of rotatable bonds is 35. The van der Waals surface area contributed by atoms with Crippen molar-refractivity contribution in [3.05, 3.63) is 0 Å². The highest BCUT2D eigenvalue weighted by Gasteiger charge is 2.28. The molecule has 0 aliphatic carbocycles. The summed E-state index contributed by atoms with van der Waals surface area (Å²) in [6.07, 6.45) is 28.3. The Morgan fingerprint density at radius 1 is 0.609 bits per heavy atom. The molecular weight excluding hydrogens is 574 g/mol.